The minimum Gasteiger partial charge on any atom is -0.0591 e. The van der Waals surface area contributed by atoms with Crippen LogP contribution in [0.25, 0.3) is 0 Å². The van der Waals surface area contributed by atoms with Gasteiger partial charge in [-0.05, 0) is 18.3 Å². The number of rotatable bonds is 1. The molecule has 2 fully saturated rings. The molecule has 10 heavy (non-hydrogen) atoms. The molecule has 0 aromatic carbocycles. The standard InChI is InChI=1S/C10H15/c1-5-10(4)6-7-8(10)9(7,2)3/h7-8H,1,6H2,2-4H3/q+1. The highest BCUT2D eigenvalue weighted by molar-refractivity contribution is 5.23. The summed E-state index contributed by atoms with van der Waals surface area (Å²) in [7, 11) is 0. The fourth-order valence-electron chi connectivity index (χ4n) is 3.00. The molecule has 0 aliphatic heterocycles. The topological polar surface area (TPSA) is 0 Å². The molecule has 3 atom stereocenters. The van der Waals surface area contributed by atoms with Gasteiger partial charge in [0.1, 0.15) is 6.58 Å². The molecule has 0 amide bonds. The van der Waals surface area contributed by atoms with Gasteiger partial charge in [0.2, 0.25) is 6.08 Å². The molecule has 0 N–H and O–H groups in total. The third-order valence-corrected chi connectivity index (χ3v) is 3.78. The van der Waals surface area contributed by atoms with Gasteiger partial charge in [-0.25, -0.2) is 0 Å². The number of fused-ring (bicyclic) bond motifs is 1. The van der Waals surface area contributed by atoms with Gasteiger partial charge in [-0.15, -0.1) is 0 Å². The first-order chi connectivity index (χ1) is 4.52. The van der Waals surface area contributed by atoms with Crippen molar-refractivity contribution in [1.82, 2.24) is 0 Å². The van der Waals surface area contributed by atoms with Crippen LogP contribution >= 0.6 is 0 Å². The Hall–Kier alpha value is -0.350. The Balaban J connectivity index is 2.19. The SMILES string of the molecule is C=[C+]C1(C)CC2C1C2(C)C. The lowest BCUT2D eigenvalue weighted by atomic mass is 9.70. The van der Waals surface area contributed by atoms with Crippen LogP contribution in [0.2, 0.25) is 0 Å². The first-order valence-electron chi connectivity index (χ1n) is 4.06. The van der Waals surface area contributed by atoms with E-state index in [1.54, 1.807) is 0 Å². The minimum atomic E-state index is 0.369. The van der Waals surface area contributed by atoms with Gasteiger partial charge in [0.15, 0.2) is 5.41 Å². The van der Waals surface area contributed by atoms with Gasteiger partial charge in [0, 0.05) is 12.3 Å². The molecule has 2 aliphatic carbocycles. The van der Waals surface area contributed by atoms with Crippen LogP contribution in [-0.2, 0) is 0 Å². The zero-order valence-corrected chi connectivity index (χ0v) is 7.07. The maximum Gasteiger partial charge on any atom is 0.221 e. The molecular weight excluding hydrogens is 120 g/mol. The van der Waals surface area contributed by atoms with Crippen LogP contribution < -0.4 is 0 Å². The summed E-state index contributed by atoms with van der Waals surface area (Å²) in [5, 5.41) is 0. The van der Waals surface area contributed by atoms with Crippen molar-refractivity contribution in [3.8, 4) is 0 Å². The minimum absolute atomic E-state index is 0.369. The summed E-state index contributed by atoms with van der Waals surface area (Å²) >= 11 is 0. The molecular formula is C10H15+. The van der Waals surface area contributed by atoms with E-state index >= 15 is 0 Å². The number of allylic oxidation sites excluding steroid dienone is 1. The fourth-order valence-corrected chi connectivity index (χ4v) is 3.00. The van der Waals surface area contributed by atoms with Crippen molar-refractivity contribution < 1.29 is 0 Å². The molecule has 0 saturated heterocycles. The second-order valence-corrected chi connectivity index (χ2v) is 4.70. The Morgan fingerprint density at radius 3 is 2.10 bits per heavy atom. The third kappa shape index (κ3) is 0.443. The fraction of sp³-hybridized carbons (Fsp3) is 0.800. The quantitative estimate of drug-likeness (QED) is 0.485. The Labute approximate surface area is 63.3 Å². The van der Waals surface area contributed by atoms with Crippen molar-refractivity contribution in [2.75, 3.05) is 0 Å². The van der Waals surface area contributed by atoms with Crippen molar-refractivity contribution in [1.29, 1.82) is 0 Å². The van der Waals surface area contributed by atoms with Crippen LogP contribution in [0.5, 0.6) is 0 Å². The van der Waals surface area contributed by atoms with Crippen molar-refractivity contribution in [2.24, 2.45) is 22.7 Å². The van der Waals surface area contributed by atoms with Gasteiger partial charge < -0.3 is 0 Å². The molecule has 2 saturated carbocycles. The number of hydrogen-bond donors (Lipinski definition) is 0. The van der Waals surface area contributed by atoms with Gasteiger partial charge in [-0.2, -0.15) is 0 Å². The smallest absolute Gasteiger partial charge is 0.0591 e. The van der Waals surface area contributed by atoms with Crippen LogP contribution in [-0.4, -0.2) is 0 Å². The summed E-state index contributed by atoms with van der Waals surface area (Å²) in [5.41, 5.74) is 0.980. The van der Waals surface area contributed by atoms with Crippen LogP contribution in [0.4, 0.5) is 0 Å². The Bertz CT molecular complexity index is 190. The molecule has 2 aliphatic rings. The maximum atomic E-state index is 3.77. The van der Waals surface area contributed by atoms with E-state index in [1.165, 1.54) is 6.42 Å². The molecule has 0 spiro atoms. The lowest BCUT2D eigenvalue weighted by Crippen LogP contribution is -2.27. The summed E-state index contributed by atoms with van der Waals surface area (Å²) in [6.45, 7) is 10.8. The maximum absolute atomic E-state index is 3.77. The zero-order chi connectivity index (χ0) is 7.57. The zero-order valence-electron chi connectivity index (χ0n) is 7.07. The normalized spacial score (nSPS) is 54.3. The van der Waals surface area contributed by atoms with Crippen LogP contribution in [0.3, 0.4) is 0 Å². The van der Waals surface area contributed by atoms with E-state index in [2.05, 4.69) is 33.4 Å². The molecule has 3 unspecified atom stereocenters. The summed E-state index contributed by atoms with van der Waals surface area (Å²) in [5.74, 6) is 1.89. The lowest BCUT2D eigenvalue weighted by Gasteiger charge is -2.22. The molecule has 0 aromatic rings. The third-order valence-electron chi connectivity index (χ3n) is 3.78. The molecule has 0 aromatic heterocycles. The highest BCUT2D eigenvalue weighted by Crippen LogP contribution is 2.78. The van der Waals surface area contributed by atoms with Crippen molar-refractivity contribution in [3.05, 3.63) is 12.7 Å². The van der Waals surface area contributed by atoms with Gasteiger partial charge in [-0.3, -0.25) is 0 Å². The van der Waals surface area contributed by atoms with Crippen molar-refractivity contribution in [2.45, 2.75) is 27.2 Å². The average Bonchev–Trinajstić information content (AvgIpc) is 2.25. The summed E-state index contributed by atoms with van der Waals surface area (Å²) in [4.78, 5) is 0. The van der Waals surface area contributed by atoms with Crippen LogP contribution in [0.15, 0.2) is 6.58 Å². The highest BCUT2D eigenvalue weighted by atomic mass is 14.8. The Morgan fingerprint density at radius 1 is 1.40 bits per heavy atom. The van der Waals surface area contributed by atoms with Gasteiger partial charge >= 0.3 is 0 Å². The predicted octanol–water partition coefficient (Wildman–Crippen LogP) is 2.66. The van der Waals surface area contributed by atoms with Crippen LogP contribution in [0.1, 0.15) is 27.2 Å². The van der Waals surface area contributed by atoms with Gasteiger partial charge in [0.25, 0.3) is 0 Å². The second kappa shape index (κ2) is 1.31. The van der Waals surface area contributed by atoms with Crippen molar-refractivity contribution in [3.63, 3.8) is 0 Å². The summed E-state index contributed by atoms with van der Waals surface area (Å²) in [6, 6.07) is 0. The van der Waals surface area contributed by atoms with Crippen molar-refractivity contribution >= 4 is 0 Å². The number of hydrogen-bond acceptors (Lipinski definition) is 0. The Kier molecular flexibility index (Phi) is 0.835. The van der Waals surface area contributed by atoms with Crippen LogP contribution in [0, 0.1) is 28.7 Å². The van der Waals surface area contributed by atoms with E-state index in [0.29, 0.717) is 10.8 Å². The lowest BCUT2D eigenvalue weighted by molar-refractivity contribution is 0.196. The summed E-state index contributed by atoms with van der Waals surface area (Å²) < 4.78 is 0. The predicted molar refractivity (Wildman–Crippen MR) is 42.4 cm³/mol. The molecule has 2 rings (SSSR count). The van der Waals surface area contributed by atoms with E-state index in [-0.39, 0.29) is 0 Å². The van der Waals surface area contributed by atoms with Gasteiger partial charge in [-0.1, -0.05) is 13.8 Å². The highest BCUT2D eigenvalue weighted by Gasteiger charge is 2.78. The Morgan fingerprint density at radius 2 is 2.00 bits per heavy atom. The summed E-state index contributed by atoms with van der Waals surface area (Å²) in [6.07, 6.45) is 4.50. The van der Waals surface area contributed by atoms with E-state index < -0.39 is 0 Å². The monoisotopic (exact) mass is 135 g/mol. The second-order valence-electron chi connectivity index (χ2n) is 4.70. The molecule has 0 nitrogen and oxygen atoms in total. The van der Waals surface area contributed by atoms with E-state index in [9.17, 15) is 0 Å². The molecule has 0 heterocycles. The van der Waals surface area contributed by atoms with E-state index in [0.717, 1.165) is 11.8 Å². The molecule has 0 bridgehead atoms. The van der Waals surface area contributed by atoms with E-state index in [1.807, 2.05) is 0 Å². The van der Waals surface area contributed by atoms with E-state index in [4.69, 9.17) is 0 Å². The average molecular weight is 135 g/mol. The molecule has 54 valence electrons. The first kappa shape index (κ1) is 6.37. The van der Waals surface area contributed by atoms with Gasteiger partial charge in [0.05, 0.1) is 0 Å². The largest absolute Gasteiger partial charge is 0.221 e. The first-order valence-corrected chi connectivity index (χ1v) is 4.06. The molecule has 0 radical (unpaired) electrons. The molecule has 0 heteroatoms.